The summed E-state index contributed by atoms with van der Waals surface area (Å²) >= 11 is 0. The van der Waals surface area contributed by atoms with Crippen LogP contribution in [0.15, 0.2) is 85.2 Å². The van der Waals surface area contributed by atoms with Gasteiger partial charge >= 0.3 is 0 Å². The molecule has 0 aliphatic carbocycles. The number of imidazole rings is 1. The van der Waals surface area contributed by atoms with Crippen molar-refractivity contribution in [1.82, 2.24) is 24.4 Å². The molecule has 30 heavy (non-hydrogen) atoms. The van der Waals surface area contributed by atoms with E-state index in [0.717, 1.165) is 18.7 Å². The molecule has 2 aromatic carbocycles. The van der Waals surface area contributed by atoms with E-state index in [1.165, 1.54) is 11.1 Å². The Bertz CT molecular complexity index is 1090. The standard InChI is InChI=1S/C24H23N5O/c30-24(21-11-12-22-25-13-14-29(22)26-21)28-17-15-27(16-18-28)23(19-7-3-1-4-8-19)20-9-5-2-6-10-20/h1-14,23H,15-18H2. The van der Waals surface area contributed by atoms with Crippen molar-refractivity contribution < 1.29 is 4.79 Å². The first-order valence-electron chi connectivity index (χ1n) is 10.2. The van der Waals surface area contributed by atoms with Gasteiger partial charge in [-0.25, -0.2) is 9.50 Å². The first-order chi connectivity index (χ1) is 14.8. The fourth-order valence-electron chi connectivity index (χ4n) is 4.16. The normalized spacial score (nSPS) is 15.0. The number of fused-ring (bicyclic) bond motifs is 1. The molecule has 0 atom stereocenters. The van der Waals surface area contributed by atoms with E-state index in [1.807, 2.05) is 23.1 Å². The second kappa shape index (κ2) is 8.08. The van der Waals surface area contributed by atoms with Crippen LogP contribution in [0.2, 0.25) is 0 Å². The molecule has 0 saturated carbocycles. The summed E-state index contributed by atoms with van der Waals surface area (Å²) in [5, 5.41) is 4.41. The third-order valence-corrected chi connectivity index (χ3v) is 5.67. The quantitative estimate of drug-likeness (QED) is 0.530. The predicted molar refractivity (Wildman–Crippen MR) is 115 cm³/mol. The number of rotatable bonds is 4. The fraction of sp³-hybridized carbons (Fsp3) is 0.208. The molecule has 0 spiro atoms. The summed E-state index contributed by atoms with van der Waals surface area (Å²) in [5.74, 6) is -0.0266. The Morgan fingerprint density at radius 1 is 0.800 bits per heavy atom. The Hall–Kier alpha value is -3.51. The molecule has 0 unspecified atom stereocenters. The first-order valence-corrected chi connectivity index (χ1v) is 10.2. The highest BCUT2D eigenvalue weighted by atomic mass is 16.2. The Labute approximate surface area is 175 Å². The molecule has 3 heterocycles. The minimum atomic E-state index is -0.0266. The summed E-state index contributed by atoms with van der Waals surface area (Å²) in [6.07, 6.45) is 3.44. The van der Waals surface area contributed by atoms with E-state index in [0.29, 0.717) is 18.8 Å². The van der Waals surface area contributed by atoms with Crippen LogP contribution in [-0.2, 0) is 0 Å². The van der Waals surface area contributed by atoms with Crippen molar-refractivity contribution in [2.24, 2.45) is 0 Å². The van der Waals surface area contributed by atoms with Gasteiger partial charge in [-0.05, 0) is 23.3 Å². The largest absolute Gasteiger partial charge is 0.335 e. The lowest BCUT2D eigenvalue weighted by Gasteiger charge is -2.39. The molecule has 1 aliphatic heterocycles. The zero-order valence-electron chi connectivity index (χ0n) is 16.6. The number of nitrogens with zero attached hydrogens (tertiary/aromatic N) is 5. The highest BCUT2D eigenvalue weighted by Crippen LogP contribution is 2.29. The molecule has 150 valence electrons. The summed E-state index contributed by atoms with van der Waals surface area (Å²) < 4.78 is 1.64. The van der Waals surface area contributed by atoms with Gasteiger partial charge in [0, 0.05) is 38.6 Å². The molecule has 0 N–H and O–H groups in total. The summed E-state index contributed by atoms with van der Waals surface area (Å²) in [7, 11) is 0. The Kier molecular flexibility index (Phi) is 4.99. The van der Waals surface area contributed by atoms with E-state index in [4.69, 9.17) is 0 Å². The Morgan fingerprint density at radius 2 is 1.43 bits per heavy atom. The van der Waals surface area contributed by atoms with Gasteiger partial charge in [0.2, 0.25) is 0 Å². The Balaban J connectivity index is 1.34. The molecule has 0 radical (unpaired) electrons. The minimum absolute atomic E-state index is 0.0266. The zero-order valence-corrected chi connectivity index (χ0v) is 16.6. The molecule has 1 saturated heterocycles. The summed E-state index contributed by atoms with van der Waals surface area (Å²) in [5.41, 5.74) is 3.74. The van der Waals surface area contributed by atoms with E-state index in [-0.39, 0.29) is 11.9 Å². The van der Waals surface area contributed by atoms with E-state index >= 15 is 0 Å². The molecule has 0 bridgehead atoms. The van der Waals surface area contributed by atoms with Gasteiger partial charge in [0.15, 0.2) is 5.65 Å². The number of hydrogen-bond donors (Lipinski definition) is 0. The van der Waals surface area contributed by atoms with Crippen LogP contribution in [0.1, 0.15) is 27.7 Å². The van der Waals surface area contributed by atoms with Crippen LogP contribution in [0.5, 0.6) is 0 Å². The fourth-order valence-corrected chi connectivity index (χ4v) is 4.16. The number of carbonyl (C=O) groups is 1. The van der Waals surface area contributed by atoms with Gasteiger partial charge in [0.25, 0.3) is 5.91 Å². The van der Waals surface area contributed by atoms with Gasteiger partial charge in [0.05, 0.1) is 6.04 Å². The highest BCUT2D eigenvalue weighted by Gasteiger charge is 2.29. The number of amides is 1. The molecule has 1 aliphatic rings. The Morgan fingerprint density at radius 3 is 2.07 bits per heavy atom. The average Bonchev–Trinajstić information content (AvgIpc) is 3.29. The molecule has 6 heteroatoms. The van der Waals surface area contributed by atoms with E-state index in [1.54, 1.807) is 23.0 Å². The predicted octanol–water partition coefficient (Wildman–Crippen LogP) is 3.28. The van der Waals surface area contributed by atoms with Crippen molar-refractivity contribution in [3.63, 3.8) is 0 Å². The molecule has 4 aromatic rings. The third kappa shape index (κ3) is 3.57. The lowest BCUT2D eigenvalue weighted by atomic mass is 9.96. The SMILES string of the molecule is O=C(c1ccc2nccn2n1)N1CCN(C(c2ccccc2)c2ccccc2)CC1. The van der Waals surface area contributed by atoms with Crippen molar-refractivity contribution in [1.29, 1.82) is 0 Å². The van der Waals surface area contributed by atoms with Crippen molar-refractivity contribution in [3.05, 3.63) is 102 Å². The average molecular weight is 397 g/mol. The molecular formula is C24H23N5O. The molecular weight excluding hydrogens is 374 g/mol. The molecule has 1 fully saturated rings. The van der Waals surface area contributed by atoms with Gasteiger partial charge in [0.1, 0.15) is 5.69 Å². The first kappa shape index (κ1) is 18.5. The van der Waals surface area contributed by atoms with Gasteiger partial charge in [-0.3, -0.25) is 9.69 Å². The van der Waals surface area contributed by atoms with Crippen LogP contribution in [-0.4, -0.2) is 56.5 Å². The van der Waals surface area contributed by atoms with Crippen LogP contribution in [0.25, 0.3) is 5.65 Å². The van der Waals surface area contributed by atoms with Crippen LogP contribution >= 0.6 is 0 Å². The van der Waals surface area contributed by atoms with E-state index in [9.17, 15) is 4.79 Å². The molecule has 6 nitrogen and oxygen atoms in total. The number of benzene rings is 2. The summed E-state index contributed by atoms with van der Waals surface area (Å²) in [6, 6.07) is 24.9. The highest BCUT2D eigenvalue weighted by molar-refractivity contribution is 5.92. The van der Waals surface area contributed by atoms with Gasteiger partial charge in [-0.15, -0.1) is 0 Å². The van der Waals surface area contributed by atoms with Gasteiger partial charge in [-0.2, -0.15) is 5.10 Å². The lowest BCUT2D eigenvalue weighted by molar-refractivity contribution is 0.0590. The molecule has 1 amide bonds. The summed E-state index contributed by atoms with van der Waals surface area (Å²) in [6.45, 7) is 2.98. The lowest BCUT2D eigenvalue weighted by Crippen LogP contribution is -2.50. The topological polar surface area (TPSA) is 53.7 Å². The van der Waals surface area contributed by atoms with Crippen LogP contribution in [0.3, 0.4) is 0 Å². The van der Waals surface area contributed by atoms with Crippen LogP contribution in [0.4, 0.5) is 0 Å². The maximum Gasteiger partial charge on any atom is 0.274 e. The van der Waals surface area contributed by atoms with Crippen molar-refractivity contribution >= 4 is 11.6 Å². The summed E-state index contributed by atoms with van der Waals surface area (Å²) in [4.78, 5) is 21.5. The van der Waals surface area contributed by atoms with E-state index in [2.05, 4.69) is 63.5 Å². The van der Waals surface area contributed by atoms with E-state index < -0.39 is 0 Å². The van der Waals surface area contributed by atoms with Crippen molar-refractivity contribution in [2.45, 2.75) is 6.04 Å². The number of aromatic nitrogens is 3. The maximum atomic E-state index is 13.0. The van der Waals surface area contributed by atoms with Crippen LogP contribution < -0.4 is 0 Å². The van der Waals surface area contributed by atoms with Crippen molar-refractivity contribution in [2.75, 3.05) is 26.2 Å². The van der Waals surface area contributed by atoms with Crippen molar-refractivity contribution in [3.8, 4) is 0 Å². The van der Waals surface area contributed by atoms with Gasteiger partial charge < -0.3 is 4.90 Å². The number of hydrogen-bond acceptors (Lipinski definition) is 4. The maximum absolute atomic E-state index is 13.0. The van der Waals surface area contributed by atoms with Gasteiger partial charge in [-0.1, -0.05) is 60.7 Å². The second-order valence-corrected chi connectivity index (χ2v) is 7.50. The van der Waals surface area contributed by atoms with Crippen LogP contribution in [0, 0.1) is 0 Å². The number of carbonyl (C=O) groups excluding carboxylic acids is 1. The second-order valence-electron chi connectivity index (χ2n) is 7.50. The zero-order chi connectivity index (χ0) is 20.3. The number of piperazine rings is 1. The molecule has 5 rings (SSSR count). The monoisotopic (exact) mass is 397 g/mol. The molecule has 2 aromatic heterocycles. The smallest absolute Gasteiger partial charge is 0.274 e. The minimum Gasteiger partial charge on any atom is -0.335 e. The third-order valence-electron chi connectivity index (χ3n) is 5.67.